The highest BCUT2D eigenvalue weighted by Gasteiger charge is 2.30. The van der Waals surface area contributed by atoms with Gasteiger partial charge in [-0.2, -0.15) is 18.3 Å². The molecule has 0 saturated heterocycles. The fraction of sp³-hybridized carbons (Fsp3) is 0.130. The smallest absolute Gasteiger partial charge is 0.416 e. The number of benzene rings is 2. The van der Waals surface area contributed by atoms with E-state index in [4.69, 9.17) is 67.2 Å². The van der Waals surface area contributed by atoms with E-state index in [9.17, 15) is 18.0 Å². The molecule has 194 valence electrons. The first-order chi connectivity index (χ1) is 17.4. The van der Waals surface area contributed by atoms with E-state index in [1.54, 1.807) is 6.07 Å². The van der Waals surface area contributed by atoms with Crippen molar-refractivity contribution in [2.75, 3.05) is 5.32 Å². The van der Waals surface area contributed by atoms with Crippen LogP contribution >= 0.6 is 58.0 Å². The molecule has 6 nitrogen and oxygen atoms in total. The minimum absolute atomic E-state index is 0.00156. The van der Waals surface area contributed by atoms with Crippen LogP contribution in [0.15, 0.2) is 53.2 Å². The molecule has 0 aliphatic rings. The number of anilines is 1. The zero-order valence-corrected chi connectivity index (χ0v) is 22.0. The molecule has 1 N–H and O–H groups in total. The number of nitrogens with zero attached hydrogens (tertiary/aromatic N) is 2. The molecular weight excluding hydrogens is 601 g/mol. The standard InChI is InChI=1S/C23H13Cl5F3N3O3/c24-16-17(25)19(27)21(20(28)18(16)26)36-10-14-4-5-15(37-14)22(35)33-13-7-32-34(9-13)8-11-2-1-3-12(6-11)23(29,30)31/h1-7,9H,8,10H2,(H,33,35). The molecule has 0 fully saturated rings. The van der Waals surface area contributed by atoms with Crippen LogP contribution in [-0.4, -0.2) is 15.7 Å². The second-order valence-corrected chi connectivity index (χ2v) is 9.42. The number of halogens is 8. The third kappa shape index (κ3) is 6.30. The van der Waals surface area contributed by atoms with Gasteiger partial charge in [0.05, 0.1) is 39.1 Å². The first-order valence-corrected chi connectivity index (χ1v) is 12.1. The number of carbonyl (C=O) groups excluding carboxylic acids is 1. The van der Waals surface area contributed by atoms with Gasteiger partial charge >= 0.3 is 6.18 Å². The summed E-state index contributed by atoms with van der Waals surface area (Å²) in [5, 5.41) is 6.53. The van der Waals surface area contributed by atoms with E-state index < -0.39 is 17.6 Å². The van der Waals surface area contributed by atoms with Crippen LogP contribution in [0.25, 0.3) is 0 Å². The summed E-state index contributed by atoms with van der Waals surface area (Å²) in [5.41, 5.74) is -0.0415. The topological polar surface area (TPSA) is 69.3 Å². The molecule has 0 saturated carbocycles. The average molecular weight is 614 g/mol. The third-order valence-corrected chi connectivity index (χ3v) is 7.15. The fourth-order valence-corrected chi connectivity index (χ4v) is 4.40. The molecule has 0 unspecified atom stereocenters. The lowest BCUT2D eigenvalue weighted by Gasteiger charge is -2.12. The fourth-order valence-electron chi connectivity index (χ4n) is 3.17. The SMILES string of the molecule is O=C(Nc1cnn(Cc2cccc(C(F)(F)F)c2)c1)c1ccc(COc2c(Cl)c(Cl)c(Cl)c(Cl)c2Cl)o1. The maximum Gasteiger partial charge on any atom is 0.416 e. The maximum absolute atomic E-state index is 12.9. The van der Waals surface area contributed by atoms with Gasteiger partial charge in [-0.15, -0.1) is 0 Å². The van der Waals surface area contributed by atoms with Crippen molar-refractivity contribution in [2.45, 2.75) is 19.3 Å². The molecular formula is C23H13Cl5F3N3O3. The number of alkyl halides is 3. The Hall–Kier alpha value is -2.56. The molecule has 4 aromatic rings. The van der Waals surface area contributed by atoms with Gasteiger partial charge in [0.25, 0.3) is 5.91 Å². The number of furan rings is 1. The minimum atomic E-state index is -4.44. The largest absolute Gasteiger partial charge is 0.482 e. The van der Waals surface area contributed by atoms with Crippen molar-refractivity contribution in [1.82, 2.24) is 9.78 Å². The summed E-state index contributed by atoms with van der Waals surface area (Å²) < 4.78 is 51.2. The van der Waals surface area contributed by atoms with Gasteiger partial charge in [0.15, 0.2) is 11.5 Å². The second kappa shape index (κ2) is 11.0. The molecule has 0 aliphatic heterocycles. The van der Waals surface area contributed by atoms with Gasteiger partial charge in [0.1, 0.15) is 22.4 Å². The predicted octanol–water partition coefficient (Wildman–Crippen LogP) is 8.64. The van der Waals surface area contributed by atoms with Crippen LogP contribution in [0, 0.1) is 0 Å². The highest BCUT2D eigenvalue weighted by molar-refractivity contribution is 6.55. The van der Waals surface area contributed by atoms with Crippen molar-refractivity contribution in [3.05, 3.63) is 96.6 Å². The van der Waals surface area contributed by atoms with Gasteiger partial charge < -0.3 is 14.5 Å². The Balaban J connectivity index is 1.38. The summed E-state index contributed by atoms with van der Waals surface area (Å²) in [5.74, 6) is -0.356. The van der Waals surface area contributed by atoms with Gasteiger partial charge in [0, 0.05) is 6.20 Å². The van der Waals surface area contributed by atoms with Crippen LogP contribution in [0.4, 0.5) is 18.9 Å². The predicted molar refractivity (Wildman–Crippen MR) is 135 cm³/mol. The van der Waals surface area contributed by atoms with Crippen LogP contribution in [0.3, 0.4) is 0 Å². The number of amides is 1. The Kier molecular flexibility index (Phi) is 8.20. The summed E-state index contributed by atoms with van der Waals surface area (Å²) in [6.07, 6.45) is -1.61. The van der Waals surface area contributed by atoms with Crippen molar-refractivity contribution in [2.24, 2.45) is 0 Å². The molecule has 2 aromatic heterocycles. The molecule has 14 heteroatoms. The van der Waals surface area contributed by atoms with Crippen molar-refractivity contribution in [1.29, 1.82) is 0 Å². The average Bonchev–Trinajstić information content (AvgIpc) is 3.51. The number of nitrogens with one attached hydrogen (secondary N) is 1. The molecule has 2 aromatic carbocycles. The molecule has 1 amide bonds. The quantitative estimate of drug-likeness (QED) is 0.167. The summed E-state index contributed by atoms with van der Waals surface area (Å²) in [6, 6.07) is 7.83. The summed E-state index contributed by atoms with van der Waals surface area (Å²) in [4.78, 5) is 12.6. The lowest BCUT2D eigenvalue weighted by atomic mass is 10.1. The molecule has 0 radical (unpaired) electrons. The van der Waals surface area contributed by atoms with Crippen LogP contribution in [0.2, 0.25) is 25.1 Å². The molecule has 0 atom stereocenters. The van der Waals surface area contributed by atoms with Crippen LogP contribution in [-0.2, 0) is 19.3 Å². The Morgan fingerprint density at radius 2 is 1.68 bits per heavy atom. The highest BCUT2D eigenvalue weighted by Crippen LogP contribution is 2.48. The summed E-state index contributed by atoms with van der Waals surface area (Å²) in [6.45, 7) is -0.0815. The van der Waals surface area contributed by atoms with E-state index in [-0.39, 0.29) is 55.5 Å². The van der Waals surface area contributed by atoms with Crippen molar-refractivity contribution >= 4 is 69.6 Å². The van der Waals surface area contributed by atoms with E-state index >= 15 is 0 Å². The number of hydrogen-bond donors (Lipinski definition) is 1. The van der Waals surface area contributed by atoms with E-state index in [1.807, 2.05) is 0 Å². The second-order valence-electron chi connectivity index (χ2n) is 7.53. The first kappa shape index (κ1) is 27.5. The first-order valence-electron chi connectivity index (χ1n) is 10.2. The van der Waals surface area contributed by atoms with E-state index in [0.717, 1.165) is 12.1 Å². The molecule has 4 rings (SSSR count). The van der Waals surface area contributed by atoms with Gasteiger partial charge in [0.2, 0.25) is 0 Å². The Labute approximate surface area is 232 Å². The zero-order valence-electron chi connectivity index (χ0n) is 18.2. The van der Waals surface area contributed by atoms with Crippen LogP contribution < -0.4 is 10.1 Å². The minimum Gasteiger partial charge on any atom is -0.482 e. The number of aromatic nitrogens is 2. The van der Waals surface area contributed by atoms with Gasteiger partial charge in [-0.25, -0.2) is 0 Å². The van der Waals surface area contributed by atoms with Crippen LogP contribution in [0.1, 0.15) is 27.4 Å². The lowest BCUT2D eigenvalue weighted by Crippen LogP contribution is -2.10. The van der Waals surface area contributed by atoms with E-state index in [0.29, 0.717) is 11.3 Å². The van der Waals surface area contributed by atoms with Crippen LogP contribution in [0.5, 0.6) is 5.75 Å². The highest BCUT2D eigenvalue weighted by atomic mass is 35.5. The molecule has 37 heavy (non-hydrogen) atoms. The van der Waals surface area contributed by atoms with Gasteiger partial charge in [-0.1, -0.05) is 70.1 Å². The normalized spacial score (nSPS) is 11.6. The number of ether oxygens (including phenoxy) is 1. The number of hydrogen-bond acceptors (Lipinski definition) is 4. The molecule has 0 aliphatic carbocycles. The Morgan fingerprint density at radius 3 is 2.35 bits per heavy atom. The molecule has 0 spiro atoms. The number of carbonyl (C=O) groups is 1. The maximum atomic E-state index is 12.9. The van der Waals surface area contributed by atoms with Gasteiger partial charge in [-0.3, -0.25) is 9.48 Å². The monoisotopic (exact) mass is 611 g/mol. The summed E-state index contributed by atoms with van der Waals surface area (Å²) in [7, 11) is 0. The van der Waals surface area contributed by atoms with Crippen molar-refractivity contribution < 1.29 is 27.1 Å². The van der Waals surface area contributed by atoms with Gasteiger partial charge in [-0.05, 0) is 29.8 Å². The number of rotatable bonds is 7. The summed E-state index contributed by atoms with van der Waals surface area (Å²) >= 11 is 30.3. The molecule has 0 bridgehead atoms. The van der Waals surface area contributed by atoms with E-state index in [1.165, 1.54) is 35.3 Å². The Morgan fingerprint density at radius 1 is 1.00 bits per heavy atom. The zero-order chi connectivity index (χ0) is 26.9. The Bertz CT molecular complexity index is 1440. The van der Waals surface area contributed by atoms with E-state index in [2.05, 4.69) is 10.4 Å². The third-order valence-electron chi connectivity index (χ3n) is 4.90. The van der Waals surface area contributed by atoms with Crippen molar-refractivity contribution in [3.63, 3.8) is 0 Å². The van der Waals surface area contributed by atoms with Crippen molar-refractivity contribution in [3.8, 4) is 5.75 Å². The lowest BCUT2D eigenvalue weighted by molar-refractivity contribution is -0.137. The molecule has 2 heterocycles.